The van der Waals surface area contributed by atoms with Gasteiger partial charge in [-0.1, -0.05) is 33.1 Å². The Labute approximate surface area is 140 Å². The Morgan fingerprint density at radius 3 is 2.20 bits per heavy atom. The number of hydrogen-bond acceptors (Lipinski definition) is 2. The van der Waals surface area contributed by atoms with Crippen molar-refractivity contribution in [3.8, 4) is 0 Å². The molecule has 0 spiro atoms. The third-order valence-corrected chi connectivity index (χ3v) is 2.76. The minimum atomic E-state index is 0. The Morgan fingerprint density at radius 2 is 1.60 bits per heavy atom. The lowest BCUT2D eigenvalue weighted by Crippen LogP contribution is -2.39. The number of nitrogens with zero attached hydrogens (tertiary/aromatic N) is 1. The van der Waals surface area contributed by atoms with E-state index in [1.165, 1.54) is 19.3 Å². The van der Waals surface area contributed by atoms with Gasteiger partial charge in [0.1, 0.15) is 0 Å². The lowest BCUT2D eigenvalue weighted by Gasteiger charge is -2.11. The summed E-state index contributed by atoms with van der Waals surface area (Å²) in [6.07, 6.45) is 6.40. The number of rotatable bonds is 10. The first kappa shape index (κ1) is 21.8. The van der Waals surface area contributed by atoms with Gasteiger partial charge >= 0.3 is 0 Å². The summed E-state index contributed by atoms with van der Waals surface area (Å²) in [5.41, 5.74) is 0. The predicted molar refractivity (Wildman–Crippen MR) is 96.8 cm³/mol. The smallest absolute Gasteiger partial charge is 0.221 e. The number of hydrogen-bond donors (Lipinski definition) is 3. The van der Waals surface area contributed by atoms with Gasteiger partial charge in [-0.25, -0.2) is 0 Å². The molecule has 0 rings (SSSR count). The fourth-order valence-electron chi connectivity index (χ4n) is 1.63. The van der Waals surface area contributed by atoms with Gasteiger partial charge in [-0.2, -0.15) is 0 Å². The summed E-state index contributed by atoms with van der Waals surface area (Å²) < 4.78 is 0. The number of carbonyl (C=O) groups excluding carboxylic acids is 1. The van der Waals surface area contributed by atoms with Crippen molar-refractivity contribution in [3.63, 3.8) is 0 Å². The SMILES string of the molecule is CCCCCCNC(=NC)NCCC(=O)NCCC.I. The van der Waals surface area contributed by atoms with Crippen molar-refractivity contribution in [3.05, 3.63) is 0 Å². The first-order chi connectivity index (χ1) is 9.24. The normalized spacial score (nSPS) is 10.7. The van der Waals surface area contributed by atoms with Gasteiger partial charge in [0.25, 0.3) is 0 Å². The number of aliphatic imine (C=N–C) groups is 1. The second kappa shape index (κ2) is 16.5. The summed E-state index contributed by atoms with van der Waals surface area (Å²) in [6, 6.07) is 0. The number of guanidine groups is 1. The van der Waals surface area contributed by atoms with Gasteiger partial charge in [-0.3, -0.25) is 9.79 Å². The van der Waals surface area contributed by atoms with Gasteiger partial charge in [0, 0.05) is 33.1 Å². The van der Waals surface area contributed by atoms with Crippen LogP contribution in [0, 0.1) is 0 Å². The van der Waals surface area contributed by atoms with E-state index in [0.29, 0.717) is 13.0 Å². The highest BCUT2D eigenvalue weighted by atomic mass is 127. The van der Waals surface area contributed by atoms with Crippen molar-refractivity contribution < 1.29 is 4.79 Å². The second-order valence-corrected chi connectivity index (χ2v) is 4.59. The average molecular weight is 398 g/mol. The van der Waals surface area contributed by atoms with Gasteiger partial charge in [0.05, 0.1) is 0 Å². The summed E-state index contributed by atoms with van der Waals surface area (Å²) in [6.45, 7) is 6.55. The standard InChI is InChI=1S/C14H30N4O.HI/c1-4-6-7-8-11-17-14(15-3)18-12-9-13(19)16-10-5-2;/h4-12H2,1-3H3,(H,16,19)(H2,15,17,18);1H. The van der Waals surface area contributed by atoms with Gasteiger partial charge in [-0.15, -0.1) is 24.0 Å². The number of amides is 1. The molecule has 120 valence electrons. The zero-order chi connectivity index (χ0) is 14.3. The molecule has 20 heavy (non-hydrogen) atoms. The summed E-state index contributed by atoms with van der Waals surface area (Å²) in [5, 5.41) is 9.25. The fourth-order valence-corrected chi connectivity index (χ4v) is 1.63. The van der Waals surface area contributed by atoms with Gasteiger partial charge in [-0.05, 0) is 12.8 Å². The Morgan fingerprint density at radius 1 is 0.900 bits per heavy atom. The zero-order valence-corrected chi connectivity index (χ0v) is 15.5. The van der Waals surface area contributed by atoms with Crippen molar-refractivity contribution in [1.29, 1.82) is 0 Å². The minimum absolute atomic E-state index is 0. The van der Waals surface area contributed by atoms with E-state index in [-0.39, 0.29) is 29.9 Å². The molecule has 0 aliphatic rings. The van der Waals surface area contributed by atoms with E-state index in [1.807, 2.05) is 6.92 Å². The van der Waals surface area contributed by atoms with Crippen molar-refractivity contribution in [2.45, 2.75) is 52.4 Å². The molecule has 0 saturated heterocycles. The topological polar surface area (TPSA) is 65.5 Å². The van der Waals surface area contributed by atoms with E-state index >= 15 is 0 Å². The summed E-state index contributed by atoms with van der Waals surface area (Å²) in [4.78, 5) is 15.5. The monoisotopic (exact) mass is 398 g/mol. The summed E-state index contributed by atoms with van der Waals surface area (Å²) >= 11 is 0. The molecule has 0 aromatic carbocycles. The number of nitrogens with one attached hydrogen (secondary N) is 3. The molecule has 0 aliphatic heterocycles. The van der Waals surface area contributed by atoms with Crippen molar-refractivity contribution >= 4 is 35.8 Å². The molecule has 0 aliphatic carbocycles. The third-order valence-electron chi connectivity index (χ3n) is 2.76. The molecule has 0 aromatic heterocycles. The minimum Gasteiger partial charge on any atom is -0.356 e. The molecule has 0 saturated carbocycles. The van der Waals surface area contributed by atoms with E-state index in [2.05, 4.69) is 27.9 Å². The molecule has 0 atom stereocenters. The van der Waals surface area contributed by atoms with E-state index < -0.39 is 0 Å². The molecular weight excluding hydrogens is 367 g/mol. The first-order valence-electron chi connectivity index (χ1n) is 7.45. The maximum atomic E-state index is 11.4. The quantitative estimate of drug-likeness (QED) is 0.229. The number of halogens is 1. The van der Waals surface area contributed by atoms with Crippen molar-refractivity contribution in [2.75, 3.05) is 26.7 Å². The van der Waals surface area contributed by atoms with Crippen LogP contribution in [0.4, 0.5) is 0 Å². The maximum absolute atomic E-state index is 11.4. The molecule has 3 N–H and O–H groups in total. The van der Waals surface area contributed by atoms with Crippen LogP contribution in [0.15, 0.2) is 4.99 Å². The lowest BCUT2D eigenvalue weighted by atomic mass is 10.2. The average Bonchev–Trinajstić information content (AvgIpc) is 2.42. The van der Waals surface area contributed by atoms with Crippen LogP contribution in [0.5, 0.6) is 0 Å². The predicted octanol–water partition coefficient (Wildman–Crippen LogP) is 2.27. The van der Waals surface area contributed by atoms with Gasteiger partial charge < -0.3 is 16.0 Å². The number of unbranched alkanes of at least 4 members (excludes halogenated alkanes) is 3. The van der Waals surface area contributed by atoms with E-state index in [4.69, 9.17) is 0 Å². The summed E-state index contributed by atoms with van der Waals surface area (Å²) in [7, 11) is 1.75. The van der Waals surface area contributed by atoms with E-state index in [0.717, 1.165) is 31.9 Å². The highest BCUT2D eigenvalue weighted by Gasteiger charge is 2.01. The van der Waals surface area contributed by atoms with Crippen molar-refractivity contribution in [2.24, 2.45) is 4.99 Å². The lowest BCUT2D eigenvalue weighted by molar-refractivity contribution is -0.120. The fraction of sp³-hybridized carbons (Fsp3) is 0.857. The van der Waals surface area contributed by atoms with Gasteiger partial charge in [0.2, 0.25) is 5.91 Å². The summed E-state index contributed by atoms with van der Waals surface area (Å²) in [5.74, 6) is 0.868. The zero-order valence-electron chi connectivity index (χ0n) is 13.1. The Balaban J connectivity index is 0. The van der Waals surface area contributed by atoms with E-state index in [1.54, 1.807) is 7.05 Å². The van der Waals surface area contributed by atoms with Gasteiger partial charge in [0.15, 0.2) is 5.96 Å². The molecule has 0 heterocycles. The van der Waals surface area contributed by atoms with Crippen LogP contribution in [0.2, 0.25) is 0 Å². The molecule has 6 heteroatoms. The number of carbonyl (C=O) groups is 1. The van der Waals surface area contributed by atoms with Crippen LogP contribution in [-0.4, -0.2) is 38.5 Å². The molecule has 0 radical (unpaired) electrons. The molecular formula is C14H31IN4O. The first-order valence-corrected chi connectivity index (χ1v) is 7.45. The molecule has 1 amide bonds. The second-order valence-electron chi connectivity index (χ2n) is 4.59. The Kier molecular flexibility index (Phi) is 18.0. The van der Waals surface area contributed by atoms with Crippen molar-refractivity contribution in [1.82, 2.24) is 16.0 Å². The van der Waals surface area contributed by atoms with Crippen LogP contribution in [0.1, 0.15) is 52.4 Å². The highest BCUT2D eigenvalue weighted by molar-refractivity contribution is 14.0. The Hall–Kier alpha value is -0.530. The van der Waals surface area contributed by atoms with Crippen LogP contribution in [0.25, 0.3) is 0 Å². The highest BCUT2D eigenvalue weighted by Crippen LogP contribution is 1.96. The molecule has 0 fully saturated rings. The van der Waals surface area contributed by atoms with Crippen LogP contribution in [-0.2, 0) is 4.79 Å². The van der Waals surface area contributed by atoms with Crippen LogP contribution >= 0.6 is 24.0 Å². The maximum Gasteiger partial charge on any atom is 0.221 e. The third kappa shape index (κ3) is 13.9. The Bertz CT molecular complexity index is 260. The van der Waals surface area contributed by atoms with Crippen LogP contribution < -0.4 is 16.0 Å². The van der Waals surface area contributed by atoms with Crippen LogP contribution in [0.3, 0.4) is 0 Å². The van der Waals surface area contributed by atoms with E-state index in [9.17, 15) is 4.79 Å². The molecule has 5 nitrogen and oxygen atoms in total. The molecule has 0 aromatic rings. The largest absolute Gasteiger partial charge is 0.356 e. The molecule has 0 bridgehead atoms. The molecule has 0 unspecified atom stereocenters.